The van der Waals surface area contributed by atoms with Crippen molar-refractivity contribution >= 4 is 33.6 Å². The number of carbonyl (C=O) groups is 2. The first-order chi connectivity index (χ1) is 12.4. The van der Waals surface area contributed by atoms with Crippen LogP contribution in [0.25, 0.3) is 0 Å². The van der Waals surface area contributed by atoms with Crippen LogP contribution < -0.4 is 4.72 Å². The smallest absolute Gasteiger partial charge is 0.331 e. The molecule has 1 fully saturated rings. The van der Waals surface area contributed by atoms with E-state index < -0.39 is 16.1 Å². The monoisotopic (exact) mass is 397 g/mol. The highest BCUT2D eigenvalue weighted by molar-refractivity contribution is 7.90. The summed E-state index contributed by atoms with van der Waals surface area (Å²) in [5.74, 6) is -0.0305. The van der Waals surface area contributed by atoms with E-state index in [-0.39, 0.29) is 42.7 Å². The Morgan fingerprint density at radius 2 is 1.62 bits per heavy atom. The third-order valence-corrected chi connectivity index (χ3v) is 5.52. The van der Waals surface area contributed by atoms with Crippen LogP contribution in [0.15, 0.2) is 52.0 Å². The summed E-state index contributed by atoms with van der Waals surface area (Å²) in [5.41, 5.74) is 0. The van der Waals surface area contributed by atoms with E-state index in [0.29, 0.717) is 5.02 Å². The number of nitrogens with one attached hydrogen (secondary N) is 1. The van der Waals surface area contributed by atoms with Crippen LogP contribution in [-0.2, 0) is 10.0 Å². The Hall–Kier alpha value is -2.52. The Morgan fingerprint density at radius 1 is 1.00 bits per heavy atom. The van der Waals surface area contributed by atoms with Crippen molar-refractivity contribution < 1.29 is 22.4 Å². The lowest BCUT2D eigenvalue weighted by Gasteiger charge is -2.34. The van der Waals surface area contributed by atoms with Crippen molar-refractivity contribution in [3.63, 3.8) is 0 Å². The molecule has 0 saturated carbocycles. The molecule has 0 spiro atoms. The SMILES string of the molecule is O=C(NS(=O)(=O)c1ccc(Cl)cc1)N1CCN(C(=O)c2ccco2)CC1. The van der Waals surface area contributed by atoms with E-state index in [4.69, 9.17) is 16.0 Å². The van der Waals surface area contributed by atoms with Gasteiger partial charge in [-0.2, -0.15) is 0 Å². The van der Waals surface area contributed by atoms with Crippen LogP contribution in [-0.4, -0.2) is 56.3 Å². The molecule has 1 aromatic carbocycles. The zero-order valence-electron chi connectivity index (χ0n) is 13.6. The second-order valence-corrected chi connectivity index (χ2v) is 7.74. The Balaban J connectivity index is 1.58. The summed E-state index contributed by atoms with van der Waals surface area (Å²) in [5, 5.41) is 0.396. The minimum absolute atomic E-state index is 0.0538. The lowest BCUT2D eigenvalue weighted by atomic mass is 10.3. The second kappa shape index (κ2) is 7.38. The number of rotatable bonds is 3. The lowest BCUT2D eigenvalue weighted by molar-refractivity contribution is 0.0636. The van der Waals surface area contributed by atoms with Gasteiger partial charge in [0.15, 0.2) is 5.76 Å². The molecule has 0 atom stereocenters. The zero-order valence-corrected chi connectivity index (χ0v) is 15.2. The highest BCUT2D eigenvalue weighted by Crippen LogP contribution is 2.15. The molecule has 0 bridgehead atoms. The molecule has 0 radical (unpaired) electrons. The van der Waals surface area contributed by atoms with E-state index in [1.807, 2.05) is 4.72 Å². The van der Waals surface area contributed by atoms with Gasteiger partial charge in [0.05, 0.1) is 11.2 Å². The number of carbonyl (C=O) groups excluding carboxylic acids is 2. The van der Waals surface area contributed by atoms with Crippen LogP contribution in [0.4, 0.5) is 4.79 Å². The number of amides is 3. The molecule has 1 aliphatic heterocycles. The fourth-order valence-electron chi connectivity index (χ4n) is 2.52. The van der Waals surface area contributed by atoms with Crippen molar-refractivity contribution in [2.75, 3.05) is 26.2 Å². The summed E-state index contributed by atoms with van der Waals surface area (Å²) >= 11 is 5.74. The molecule has 1 aliphatic rings. The maximum Gasteiger partial charge on any atom is 0.331 e. The summed E-state index contributed by atoms with van der Waals surface area (Å²) in [6.45, 7) is 1.00. The Kier molecular flexibility index (Phi) is 5.19. The molecule has 0 aliphatic carbocycles. The van der Waals surface area contributed by atoms with E-state index in [9.17, 15) is 18.0 Å². The van der Waals surface area contributed by atoms with Gasteiger partial charge < -0.3 is 14.2 Å². The fraction of sp³-hybridized carbons (Fsp3) is 0.250. The van der Waals surface area contributed by atoms with Gasteiger partial charge in [0.25, 0.3) is 15.9 Å². The molecule has 1 N–H and O–H groups in total. The second-order valence-electron chi connectivity index (χ2n) is 5.62. The van der Waals surface area contributed by atoms with Gasteiger partial charge in [0, 0.05) is 31.2 Å². The number of hydrogen-bond donors (Lipinski definition) is 1. The van der Waals surface area contributed by atoms with Gasteiger partial charge in [-0.3, -0.25) is 4.79 Å². The third kappa shape index (κ3) is 4.00. The van der Waals surface area contributed by atoms with Crippen molar-refractivity contribution in [1.29, 1.82) is 0 Å². The molecular weight excluding hydrogens is 382 g/mol. The molecule has 138 valence electrons. The van der Waals surface area contributed by atoms with E-state index in [2.05, 4.69) is 0 Å². The largest absolute Gasteiger partial charge is 0.459 e. The molecule has 1 saturated heterocycles. The minimum Gasteiger partial charge on any atom is -0.459 e. The van der Waals surface area contributed by atoms with E-state index >= 15 is 0 Å². The predicted octanol–water partition coefficient (Wildman–Crippen LogP) is 1.79. The normalized spacial score (nSPS) is 15.0. The Bertz CT molecular complexity index is 888. The minimum atomic E-state index is -3.99. The molecule has 2 aromatic rings. The molecule has 2 heterocycles. The van der Waals surface area contributed by atoms with Gasteiger partial charge in [0.1, 0.15) is 0 Å². The van der Waals surface area contributed by atoms with Gasteiger partial charge in [-0.25, -0.2) is 17.9 Å². The number of halogens is 1. The van der Waals surface area contributed by atoms with Crippen LogP contribution >= 0.6 is 11.6 Å². The van der Waals surface area contributed by atoms with Crippen LogP contribution in [0.5, 0.6) is 0 Å². The third-order valence-electron chi connectivity index (χ3n) is 3.93. The summed E-state index contributed by atoms with van der Waals surface area (Å²) in [6, 6.07) is 7.96. The van der Waals surface area contributed by atoms with Crippen LogP contribution in [0.1, 0.15) is 10.6 Å². The summed E-state index contributed by atoms with van der Waals surface area (Å²) < 4.78 is 31.6. The van der Waals surface area contributed by atoms with E-state index in [0.717, 1.165) is 0 Å². The van der Waals surface area contributed by atoms with Gasteiger partial charge >= 0.3 is 6.03 Å². The number of hydrogen-bond acceptors (Lipinski definition) is 5. The van der Waals surface area contributed by atoms with Gasteiger partial charge in [-0.1, -0.05) is 11.6 Å². The van der Waals surface area contributed by atoms with E-state index in [1.165, 1.54) is 35.4 Å². The first kappa shape index (κ1) is 18.3. The van der Waals surface area contributed by atoms with Gasteiger partial charge in [-0.05, 0) is 36.4 Å². The molecule has 10 heteroatoms. The first-order valence-corrected chi connectivity index (χ1v) is 9.63. The maximum atomic E-state index is 12.2. The first-order valence-electron chi connectivity index (χ1n) is 7.77. The molecule has 3 amide bonds. The highest BCUT2D eigenvalue weighted by atomic mass is 35.5. The van der Waals surface area contributed by atoms with Crippen molar-refractivity contribution in [3.05, 3.63) is 53.4 Å². The lowest BCUT2D eigenvalue weighted by Crippen LogP contribution is -2.53. The summed E-state index contributed by atoms with van der Waals surface area (Å²) in [4.78, 5) is 27.3. The Labute approximate surface area is 155 Å². The molecule has 26 heavy (non-hydrogen) atoms. The highest BCUT2D eigenvalue weighted by Gasteiger charge is 2.28. The molecule has 1 aromatic heterocycles. The molecular formula is C16H16ClN3O5S. The van der Waals surface area contributed by atoms with Crippen molar-refractivity contribution in [1.82, 2.24) is 14.5 Å². The predicted molar refractivity (Wildman–Crippen MR) is 93.4 cm³/mol. The quantitative estimate of drug-likeness (QED) is 0.851. The molecule has 3 rings (SSSR count). The van der Waals surface area contributed by atoms with Gasteiger partial charge in [-0.15, -0.1) is 0 Å². The Morgan fingerprint density at radius 3 is 2.19 bits per heavy atom. The van der Waals surface area contributed by atoms with Crippen molar-refractivity contribution in [2.45, 2.75) is 4.90 Å². The number of nitrogens with zero attached hydrogens (tertiary/aromatic N) is 2. The number of urea groups is 1. The molecule has 0 unspecified atom stereocenters. The van der Waals surface area contributed by atoms with Crippen LogP contribution in [0.2, 0.25) is 5.02 Å². The summed E-state index contributed by atoms with van der Waals surface area (Å²) in [6.07, 6.45) is 1.42. The van der Waals surface area contributed by atoms with E-state index in [1.54, 1.807) is 17.0 Å². The fourth-order valence-corrected chi connectivity index (χ4v) is 3.62. The number of benzene rings is 1. The van der Waals surface area contributed by atoms with Gasteiger partial charge in [0.2, 0.25) is 0 Å². The average Bonchev–Trinajstić information content (AvgIpc) is 3.16. The van der Waals surface area contributed by atoms with Crippen molar-refractivity contribution in [3.8, 4) is 0 Å². The molecule has 8 nitrogen and oxygen atoms in total. The standard InChI is InChI=1S/C16H16ClN3O5S/c17-12-3-5-13(6-4-12)26(23,24)18-16(22)20-9-7-19(8-10-20)15(21)14-2-1-11-25-14/h1-6,11H,7-10H2,(H,18,22). The van der Waals surface area contributed by atoms with Crippen molar-refractivity contribution in [2.24, 2.45) is 0 Å². The number of furan rings is 1. The summed E-state index contributed by atoms with van der Waals surface area (Å²) in [7, 11) is -3.99. The zero-order chi connectivity index (χ0) is 18.7. The number of piperazine rings is 1. The maximum absolute atomic E-state index is 12.2. The van der Waals surface area contributed by atoms with Crippen LogP contribution in [0, 0.1) is 0 Å². The van der Waals surface area contributed by atoms with Crippen LogP contribution in [0.3, 0.4) is 0 Å². The topological polar surface area (TPSA) is 99.9 Å². The number of sulfonamides is 1. The average molecular weight is 398 g/mol.